The van der Waals surface area contributed by atoms with Crippen molar-refractivity contribution < 1.29 is 19.4 Å². The molecule has 4 nitrogen and oxygen atoms in total. The quantitative estimate of drug-likeness (QED) is 0.824. The van der Waals surface area contributed by atoms with Gasteiger partial charge in [0.1, 0.15) is 5.25 Å². The largest absolute Gasteiger partial charge is 0.480 e. The number of rotatable bonds is 4. The number of carbonyl (C=O) groups is 2. The molecule has 1 atom stereocenters. The third-order valence-corrected chi connectivity index (χ3v) is 4.32. The normalized spacial score (nSPS) is 11.7. The molecular weight excluding hydrogens is 324 g/mol. The Morgan fingerprint density at radius 1 is 1.05 bits per heavy atom. The first-order valence-corrected chi connectivity index (χ1v) is 7.60. The van der Waals surface area contributed by atoms with Crippen LogP contribution >= 0.6 is 23.4 Å². The molecular formula is C16H13ClO4S. The first-order chi connectivity index (χ1) is 10.5. The number of aliphatic carboxylic acids is 1. The molecule has 0 saturated carbocycles. The van der Waals surface area contributed by atoms with Crippen LogP contribution in [-0.2, 0) is 9.53 Å². The summed E-state index contributed by atoms with van der Waals surface area (Å²) >= 11 is 6.48. The minimum absolute atomic E-state index is 0.528. The van der Waals surface area contributed by atoms with Gasteiger partial charge in [0, 0.05) is 5.02 Å². The Bertz CT molecular complexity index is 668. The maximum Gasteiger partial charge on any atom is 0.368 e. The Morgan fingerprint density at radius 2 is 1.55 bits per heavy atom. The highest BCUT2D eigenvalue weighted by atomic mass is 35.5. The molecule has 0 aliphatic carbocycles. The van der Waals surface area contributed by atoms with Crippen molar-refractivity contribution in [1.29, 1.82) is 0 Å². The predicted molar refractivity (Wildman–Crippen MR) is 87.3 cm³/mol. The highest BCUT2D eigenvalue weighted by Crippen LogP contribution is 2.32. The number of halogens is 1. The van der Waals surface area contributed by atoms with Gasteiger partial charge in [0.15, 0.2) is 0 Å². The van der Waals surface area contributed by atoms with Crippen LogP contribution in [-0.4, -0.2) is 23.5 Å². The lowest BCUT2D eigenvalue weighted by Gasteiger charge is -2.11. The Hall–Kier alpha value is -1.98. The lowest BCUT2D eigenvalue weighted by molar-refractivity contribution is -0.136. The minimum atomic E-state index is -1.09. The van der Waals surface area contributed by atoms with Gasteiger partial charge in [-0.15, -0.1) is 0 Å². The number of methoxy groups -OCH3 is 1. The van der Waals surface area contributed by atoms with Crippen LogP contribution in [0, 0.1) is 0 Å². The molecule has 0 heterocycles. The molecule has 0 aliphatic heterocycles. The Morgan fingerprint density at radius 3 is 2.00 bits per heavy atom. The van der Waals surface area contributed by atoms with Gasteiger partial charge in [-0.2, -0.15) is 0 Å². The van der Waals surface area contributed by atoms with E-state index >= 15 is 0 Å². The first kappa shape index (κ1) is 16.4. The van der Waals surface area contributed by atoms with Crippen LogP contribution in [0.15, 0.2) is 48.5 Å². The zero-order valence-electron chi connectivity index (χ0n) is 11.7. The number of carbonyl (C=O) groups excluding carboxylic acids is 1. The molecule has 1 unspecified atom stereocenters. The van der Waals surface area contributed by atoms with Crippen LogP contribution < -0.4 is 0 Å². The molecule has 0 fully saturated rings. The van der Waals surface area contributed by atoms with Crippen molar-refractivity contribution in [2.45, 2.75) is 5.25 Å². The summed E-state index contributed by atoms with van der Waals surface area (Å²) in [5.74, 6) is -1.09. The topological polar surface area (TPSA) is 63.6 Å². The fourth-order valence-electron chi connectivity index (χ4n) is 1.90. The summed E-state index contributed by atoms with van der Waals surface area (Å²) in [7, 11) is 1.22. The third-order valence-electron chi connectivity index (χ3n) is 3.00. The number of ether oxygens (including phenoxy) is 1. The highest BCUT2D eigenvalue weighted by molar-refractivity contribution is 8.14. The van der Waals surface area contributed by atoms with Gasteiger partial charge in [-0.1, -0.05) is 48.0 Å². The van der Waals surface area contributed by atoms with E-state index in [-0.39, 0.29) is 0 Å². The SMILES string of the molecule is COC(=O)SC(C(=O)O)c1ccc(-c2ccc(Cl)cc2)cc1. The molecule has 0 aliphatic rings. The Balaban J connectivity index is 2.24. The summed E-state index contributed by atoms with van der Waals surface area (Å²) in [5, 5.41) is 8.27. The van der Waals surface area contributed by atoms with E-state index in [0.29, 0.717) is 22.3 Å². The molecule has 0 spiro atoms. The summed E-state index contributed by atoms with van der Waals surface area (Å²) < 4.78 is 4.50. The van der Waals surface area contributed by atoms with Gasteiger partial charge in [-0.25, -0.2) is 4.79 Å². The number of hydrogen-bond acceptors (Lipinski definition) is 4. The summed E-state index contributed by atoms with van der Waals surface area (Å²) in [6.45, 7) is 0. The van der Waals surface area contributed by atoms with Gasteiger partial charge >= 0.3 is 11.3 Å². The zero-order valence-corrected chi connectivity index (χ0v) is 13.2. The van der Waals surface area contributed by atoms with Crippen molar-refractivity contribution in [2.75, 3.05) is 7.11 Å². The molecule has 0 amide bonds. The molecule has 2 aromatic carbocycles. The molecule has 0 radical (unpaired) electrons. The summed E-state index contributed by atoms with van der Waals surface area (Å²) in [6.07, 6.45) is 0. The summed E-state index contributed by atoms with van der Waals surface area (Å²) in [4.78, 5) is 22.6. The van der Waals surface area contributed by atoms with Gasteiger partial charge in [0.25, 0.3) is 0 Å². The number of carboxylic acid groups (broad SMARTS) is 1. The van der Waals surface area contributed by atoms with Crippen LogP contribution in [0.3, 0.4) is 0 Å². The fourth-order valence-corrected chi connectivity index (χ4v) is 2.71. The highest BCUT2D eigenvalue weighted by Gasteiger charge is 2.24. The average Bonchev–Trinajstić information content (AvgIpc) is 2.53. The standard InChI is InChI=1S/C16H13ClO4S/c1-21-16(20)22-14(15(18)19)12-4-2-10(3-5-12)11-6-8-13(17)9-7-11/h2-9,14H,1H3,(H,18,19). The van der Waals surface area contributed by atoms with Crippen molar-refractivity contribution in [3.05, 3.63) is 59.1 Å². The molecule has 0 bridgehead atoms. The van der Waals surface area contributed by atoms with Crippen molar-refractivity contribution in [3.63, 3.8) is 0 Å². The monoisotopic (exact) mass is 336 g/mol. The fraction of sp³-hybridized carbons (Fsp3) is 0.125. The van der Waals surface area contributed by atoms with E-state index in [2.05, 4.69) is 4.74 Å². The van der Waals surface area contributed by atoms with E-state index in [1.54, 1.807) is 24.3 Å². The Labute approximate surface area is 137 Å². The second-order valence-corrected chi connectivity index (χ2v) is 5.90. The van der Waals surface area contributed by atoms with Crippen LogP contribution in [0.2, 0.25) is 5.02 Å². The lowest BCUT2D eigenvalue weighted by atomic mass is 10.0. The maximum absolute atomic E-state index is 11.3. The van der Waals surface area contributed by atoms with E-state index in [9.17, 15) is 14.7 Å². The molecule has 0 saturated heterocycles. The van der Waals surface area contributed by atoms with E-state index in [0.717, 1.165) is 11.1 Å². The van der Waals surface area contributed by atoms with Crippen molar-refractivity contribution in [3.8, 4) is 11.1 Å². The van der Waals surface area contributed by atoms with E-state index < -0.39 is 16.5 Å². The maximum atomic E-state index is 11.3. The van der Waals surface area contributed by atoms with Crippen LogP contribution in [0.4, 0.5) is 4.79 Å². The molecule has 22 heavy (non-hydrogen) atoms. The van der Waals surface area contributed by atoms with Crippen LogP contribution in [0.1, 0.15) is 10.8 Å². The van der Waals surface area contributed by atoms with E-state index in [1.807, 2.05) is 24.3 Å². The van der Waals surface area contributed by atoms with Crippen molar-refractivity contribution in [2.24, 2.45) is 0 Å². The van der Waals surface area contributed by atoms with Gasteiger partial charge in [0.05, 0.1) is 7.11 Å². The summed E-state index contributed by atoms with van der Waals surface area (Å²) in [5.41, 5.74) is 2.44. The summed E-state index contributed by atoms with van der Waals surface area (Å²) in [6, 6.07) is 14.4. The number of thioether (sulfide) groups is 1. The lowest BCUT2D eigenvalue weighted by Crippen LogP contribution is -2.10. The average molecular weight is 337 g/mol. The number of carboxylic acids is 1. The second-order valence-electron chi connectivity index (χ2n) is 4.42. The van der Waals surface area contributed by atoms with E-state index in [1.165, 1.54) is 7.11 Å². The first-order valence-electron chi connectivity index (χ1n) is 6.34. The van der Waals surface area contributed by atoms with Gasteiger partial charge in [0.2, 0.25) is 0 Å². The molecule has 2 rings (SSSR count). The van der Waals surface area contributed by atoms with Gasteiger partial charge < -0.3 is 9.84 Å². The number of hydrogen-bond donors (Lipinski definition) is 1. The Kier molecular flexibility index (Phi) is 5.46. The van der Waals surface area contributed by atoms with Crippen LogP contribution in [0.5, 0.6) is 0 Å². The zero-order chi connectivity index (χ0) is 16.1. The molecule has 0 aromatic heterocycles. The van der Waals surface area contributed by atoms with Gasteiger partial charge in [-0.05, 0) is 40.6 Å². The predicted octanol–water partition coefficient (Wildman–Crippen LogP) is 4.63. The van der Waals surface area contributed by atoms with Crippen molar-refractivity contribution in [1.82, 2.24) is 0 Å². The molecule has 6 heteroatoms. The number of benzene rings is 2. The minimum Gasteiger partial charge on any atom is -0.480 e. The molecule has 2 aromatic rings. The van der Waals surface area contributed by atoms with Crippen molar-refractivity contribution >= 4 is 34.6 Å². The smallest absolute Gasteiger partial charge is 0.368 e. The van der Waals surface area contributed by atoms with Crippen LogP contribution in [0.25, 0.3) is 11.1 Å². The van der Waals surface area contributed by atoms with Gasteiger partial charge in [-0.3, -0.25) is 4.79 Å². The van der Waals surface area contributed by atoms with E-state index in [4.69, 9.17) is 11.6 Å². The molecule has 1 N–H and O–H groups in total. The third kappa shape index (κ3) is 4.02. The second kappa shape index (κ2) is 7.33. The molecule has 114 valence electrons.